The van der Waals surface area contributed by atoms with Crippen molar-refractivity contribution in [1.29, 1.82) is 0 Å². The Morgan fingerprint density at radius 3 is 2.41 bits per heavy atom. The monoisotopic (exact) mass is 464 g/mol. The molecule has 2 aliphatic heterocycles. The van der Waals surface area contributed by atoms with E-state index in [1.165, 1.54) is 11.0 Å². The van der Waals surface area contributed by atoms with E-state index in [1.54, 1.807) is 6.92 Å². The molecule has 0 aliphatic carbocycles. The number of nitrogens with zero attached hydrogens (tertiary/aromatic N) is 9. The average Bonchev–Trinajstić information content (AvgIpc) is 3.26. The maximum Gasteiger partial charge on any atom is 0.266 e. The number of aromatic nitrogens is 5. The van der Waals surface area contributed by atoms with E-state index < -0.39 is 0 Å². The highest BCUT2D eigenvalue weighted by molar-refractivity contribution is 5.73. The molecule has 2 aromatic heterocycles. The van der Waals surface area contributed by atoms with Gasteiger partial charge in [0, 0.05) is 52.3 Å². The quantitative estimate of drug-likeness (QED) is 0.577. The number of carbonyl (C=O) groups is 1. The van der Waals surface area contributed by atoms with Gasteiger partial charge in [-0.05, 0) is 12.1 Å². The van der Waals surface area contributed by atoms with Gasteiger partial charge in [-0.3, -0.25) is 4.79 Å². The summed E-state index contributed by atoms with van der Waals surface area (Å²) in [6.07, 6.45) is 1.50. The Labute approximate surface area is 197 Å². The number of nitrogens with two attached hydrogens (primary N) is 1. The zero-order valence-corrected chi connectivity index (χ0v) is 19.1. The fourth-order valence-corrected chi connectivity index (χ4v) is 4.18. The number of benzene rings is 1. The molecule has 1 amide bonds. The number of amides is 1. The van der Waals surface area contributed by atoms with Crippen LogP contribution in [0.4, 0.5) is 23.4 Å². The predicted molar refractivity (Wildman–Crippen MR) is 127 cm³/mol. The van der Waals surface area contributed by atoms with Crippen LogP contribution in [0.5, 0.6) is 0 Å². The van der Waals surface area contributed by atoms with Crippen molar-refractivity contribution >= 4 is 29.3 Å². The summed E-state index contributed by atoms with van der Waals surface area (Å²) in [7, 11) is 0. The van der Waals surface area contributed by atoms with Gasteiger partial charge < -0.3 is 20.3 Å². The minimum atomic E-state index is 0.0918. The molecule has 1 aromatic carbocycles. The maximum absolute atomic E-state index is 11.6. The summed E-state index contributed by atoms with van der Waals surface area (Å²) >= 11 is 0. The van der Waals surface area contributed by atoms with Gasteiger partial charge >= 0.3 is 0 Å². The summed E-state index contributed by atoms with van der Waals surface area (Å²) in [6.45, 7) is 7.02. The van der Waals surface area contributed by atoms with Crippen molar-refractivity contribution in [1.82, 2.24) is 34.6 Å². The molecule has 0 radical (unpaired) electrons. The molecule has 0 spiro atoms. The normalized spacial score (nSPS) is 17.1. The first-order chi connectivity index (χ1) is 16.6. The highest BCUT2D eigenvalue weighted by Crippen LogP contribution is 2.27. The maximum atomic E-state index is 11.6. The molecule has 34 heavy (non-hydrogen) atoms. The number of hydrogen-bond donors (Lipinski definition) is 1. The molecule has 0 unspecified atom stereocenters. The van der Waals surface area contributed by atoms with Gasteiger partial charge in [0.15, 0.2) is 5.82 Å². The molecule has 2 saturated heterocycles. The second kappa shape index (κ2) is 9.61. The van der Waals surface area contributed by atoms with E-state index in [0.29, 0.717) is 64.2 Å². The van der Waals surface area contributed by atoms with E-state index in [0.717, 1.165) is 11.5 Å². The standard InChI is InChI=1S/C22H28N10O2/c1-17(33)28-7-9-29(10-8-28)19-15-20(25-16-24-19)31-21(23)26-22(27-31)32(18-5-3-2-4-6-18)30-11-13-34-14-12-30/h2-6,15-16H,7-14H2,1H3,(H2,23,26,27). The van der Waals surface area contributed by atoms with Crippen molar-refractivity contribution in [2.45, 2.75) is 6.92 Å². The van der Waals surface area contributed by atoms with Crippen LogP contribution in [0.3, 0.4) is 0 Å². The largest absolute Gasteiger partial charge is 0.379 e. The zero-order valence-electron chi connectivity index (χ0n) is 19.1. The van der Waals surface area contributed by atoms with Crippen molar-refractivity contribution in [3.8, 4) is 5.82 Å². The van der Waals surface area contributed by atoms with Gasteiger partial charge in [0.05, 0.1) is 18.9 Å². The topological polar surface area (TPSA) is 122 Å². The van der Waals surface area contributed by atoms with Gasteiger partial charge in [-0.15, -0.1) is 5.10 Å². The molecule has 0 saturated carbocycles. The summed E-state index contributed by atoms with van der Waals surface area (Å²) in [5.74, 6) is 2.08. The minimum Gasteiger partial charge on any atom is -0.379 e. The van der Waals surface area contributed by atoms with Gasteiger partial charge in [0.25, 0.3) is 5.95 Å². The molecule has 2 aliphatic rings. The van der Waals surface area contributed by atoms with Crippen LogP contribution in [0.25, 0.3) is 5.82 Å². The summed E-state index contributed by atoms with van der Waals surface area (Å²) in [5.41, 5.74) is 7.24. The van der Waals surface area contributed by atoms with Gasteiger partial charge in [0.1, 0.15) is 12.1 Å². The Morgan fingerprint density at radius 1 is 1.00 bits per heavy atom. The SMILES string of the molecule is CC(=O)N1CCN(c2cc(-n3nc(N(c4ccccc4)N4CCOCC4)nc3N)ncn2)CC1. The number of hydrogen-bond acceptors (Lipinski definition) is 10. The Morgan fingerprint density at radius 2 is 1.71 bits per heavy atom. The molecule has 0 atom stereocenters. The van der Waals surface area contributed by atoms with Crippen LogP contribution in [0.2, 0.25) is 0 Å². The Bertz CT molecular complexity index is 1120. The van der Waals surface area contributed by atoms with E-state index in [9.17, 15) is 4.79 Å². The third kappa shape index (κ3) is 4.50. The van der Waals surface area contributed by atoms with E-state index in [-0.39, 0.29) is 11.9 Å². The number of morpholine rings is 1. The Hall–Kier alpha value is -3.77. The lowest BCUT2D eigenvalue weighted by molar-refractivity contribution is -0.129. The molecule has 2 N–H and O–H groups in total. The van der Waals surface area contributed by atoms with Crippen molar-refractivity contribution in [3.63, 3.8) is 0 Å². The Balaban J connectivity index is 1.43. The zero-order chi connectivity index (χ0) is 23.5. The number of anilines is 4. The molecule has 3 aromatic rings. The van der Waals surface area contributed by atoms with Gasteiger partial charge in [-0.1, -0.05) is 18.2 Å². The highest BCUT2D eigenvalue weighted by Gasteiger charge is 2.26. The molecule has 2 fully saturated rings. The lowest BCUT2D eigenvalue weighted by atomic mass is 10.3. The molecule has 178 valence electrons. The Kier molecular flexibility index (Phi) is 6.23. The van der Waals surface area contributed by atoms with E-state index >= 15 is 0 Å². The molecule has 4 heterocycles. The highest BCUT2D eigenvalue weighted by atomic mass is 16.5. The van der Waals surface area contributed by atoms with Crippen LogP contribution in [0, 0.1) is 0 Å². The van der Waals surface area contributed by atoms with E-state index in [1.807, 2.05) is 46.3 Å². The van der Waals surface area contributed by atoms with E-state index in [2.05, 4.69) is 24.9 Å². The molecular weight excluding hydrogens is 436 g/mol. The smallest absolute Gasteiger partial charge is 0.266 e. The van der Waals surface area contributed by atoms with Gasteiger partial charge in [-0.2, -0.15) is 9.67 Å². The van der Waals surface area contributed by atoms with Crippen molar-refractivity contribution < 1.29 is 9.53 Å². The van der Waals surface area contributed by atoms with Crippen LogP contribution < -0.4 is 15.6 Å². The molecule has 12 nitrogen and oxygen atoms in total. The predicted octanol–water partition coefficient (Wildman–Crippen LogP) is 0.693. The van der Waals surface area contributed by atoms with Crippen LogP contribution in [-0.2, 0) is 9.53 Å². The van der Waals surface area contributed by atoms with E-state index in [4.69, 9.17) is 15.6 Å². The van der Waals surface area contributed by atoms with Crippen LogP contribution in [0.15, 0.2) is 42.7 Å². The van der Waals surface area contributed by atoms with Gasteiger partial charge in [0.2, 0.25) is 11.9 Å². The number of piperazine rings is 1. The number of hydrazine groups is 1. The van der Waals surface area contributed by atoms with Crippen LogP contribution in [-0.4, -0.2) is 93.0 Å². The fourth-order valence-electron chi connectivity index (χ4n) is 4.18. The van der Waals surface area contributed by atoms with Crippen molar-refractivity contribution in [2.75, 3.05) is 68.1 Å². The number of carbonyl (C=O) groups excluding carboxylic acids is 1. The second-order valence-corrected chi connectivity index (χ2v) is 8.12. The van der Waals surface area contributed by atoms with Crippen molar-refractivity contribution in [3.05, 3.63) is 42.7 Å². The first-order valence-corrected chi connectivity index (χ1v) is 11.3. The fraction of sp³-hybridized carbons (Fsp3) is 0.409. The summed E-state index contributed by atoms with van der Waals surface area (Å²) in [5, 5.41) is 8.84. The lowest BCUT2D eigenvalue weighted by Gasteiger charge is -2.36. The number of para-hydroxylation sites is 1. The minimum absolute atomic E-state index is 0.0918. The number of ether oxygens (including phenoxy) is 1. The number of rotatable bonds is 5. The third-order valence-electron chi connectivity index (χ3n) is 5.99. The summed E-state index contributed by atoms with van der Waals surface area (Å²) in [4.78, 5) is 29.0. The first-order valence-electron chi connectivity index (χ1n) is 11.3. The van der Waals surface area contributed by atoms with Crippen LogP contribution in [0.1, 0.15) is 6.92 Å². The summed E-state index contributed by atoms with van der Waals surface area (Å²) < 4.78 is 7.06. The first kappa shape index (κ1) is 22.0. The molecule has 0 bridgehead atoms. The van der Waals surface area contributed by atoms with Crippen LogP contribution >= 0.6 is 0 Å². The van der Waals surface area contributed by atoms with Crippen molar-refractivity contribution in [2.24, 2.45) is 0 Å². The summed E-state index contributed by atoms with van der Waals surface area (Å²) in [6, 6.07) is 11.8. The molecule has 5 rings (SSSR count). The second-order valence-electron chi connectivity index (χ2n) is 8.12. The number of nitrogen functional groups attached to an aromatic ring is 1. The lowest BCUT2D eigenvalue weighted by Crippen LogP contribution is -2.48. The average molecular weight is 465 g/mol. The molecule has 12 heteroatoms. The molecular formula is C22H28N10O2. The van der Waals surface area contributed by atoms with Gasteiger partial charge in [-0.25, -0.2) is 20.0 Å². The third-order valence-corrected chi connectivity index (χ3v) is 5.99.